The number of ether oxygens (including phenoxy) is 1. The standard InChI is InChI=1S/C13H18N2O2/c1-10(2)7-8-14-13(16)15-11-5-4-6-12(9-11)17-3/h4-10H,1-3H3,(H2,14,15,16)/b8-7+. The van der Waals surface area contributed by atoms with Crippen molar-refractivity contribution in [1.82, 2.24) is 5.32 Å². The monoisotopic (exact) mass is 234 g/mol. The number of anilines is 1. The average Bonchev–Trinajstić information content (AvgIpc) is 2.28. The molecule has 1 aromatic carbocycles. The number of hydrogen-bond acceptors (Lipinski definition) is 2. The number of carbonyl (C=O) groups excluding carboxylic acids is 1. The van der Waals surface area contributed by atoms with Crippen molar-refractivity contribution in [2.75, 3.05) is 12.4 Å². The molecule has 0 aliphatic rings. The van der Waals surface area contributed by atoms with E-state index in [2.05, 4.69) is 10.6 Å². The summed E-state index contributed by atoms with van der Waals surface area (Å²) in [5.74, 6) is 1.12. The molecule has 1 aromatic rings. The minimum Gasteiger partial charge on any atom is -0.497 e. The molecule has 2 amide bonds. The Labute approximate surface area is 102 Å². The van der Waals surface area contributed by atoms with Crippen molar-refractivity contribution in [3.05, 3.63) is 36.5 Å². The summed E-state index contributed by atoms with van der Waals surface area (Å²) in [6, 6.07) is 6.93. The minimum atomic E-state index is -0.268. The van der Waals surface area contributed by atoms with Crippen LogP contribution in [0, 0.1) is 5.92 Å². The van der Waals surface area contributed by atoms with Crippen molar-refractivity contribution in [3.8, 4) is 5.75 Å². The molecule has 0 radical (unpaired) electrons. The molecule has 0 spiro atoms. The lowest BCUT2D eigenvalue weighted by Gasteiger charge is -2.06. The lowest BCUT2D eigenvalue weighted by molar-refractivity contribution is 0.255. The van der Waals surface area contributed by atoms with E-state index in [1.165, 1.54) is 0 Å². The normalized spacial score (nSPS) is 10.6. The molecule has 0 unspecified atom stereocenters. The molecule has 17 heavy (non-hydrogen) atoms. The summed E-state index contributed by atoms with van der Waals surface area (Å²) in [6.45, 7) is 4.08. The molecular formula is C13H18N2O2. The molecule has 4 heteroatoms. The molecule has 0 aromatic heterocycles. The van der Waals surface area contributed by atoms with Gasteiger partial charge in [-0.25, -0.2) is 4.79 Å². The molecule has 0 aliphatic heterocycles. The highest BCUT2D eigenvalue weighted by molar-refractivity contribution is 5.90. The van der Waals surface area contributed by atoms with Crippen LogP contribution in [-0.4, -0.2) is 13.1 Å². The second-order valence-electron chi connectivity index (χ2n) is 3.93. The molecule has 0 heterocycles. The van der Waals surface area contributed by atoms with E-state index in [1.54, 1.807) is 25.4 Å². The number of nitrogens with one attached hydrogen (secondary N) is 2. The lowest BCUT2D eigenvalue weighted by atomic mass is 10.2. The Kier molecular flexibility index (Phi) is 5.07. The maximum Gasteiger partial charge on any atom is 0.323 e. The smallest absolute Gasteiger partial charge is 0.323 e. The van der Waals surface area contributed by atoms with Crippen molar-refractivity contribution in [2.45, 2.75) is 13.8 Å². The fraction of sp³-hybridized carbons (Fsp3) is 0.308. The van der Waals surface area contributed by atoms with Gasteiger partial charge in [-0.1, -0.05) is 26.0 Å². The number of methoxy groups -OCH3 is 1. The van der Waals surface area contributed by atoms with Gasteiger partial charge >= 0.3 is 6.03 Å². The molecular weight excluding hydrogens is 216 g/mol. The number of urea groups is 1. The van der Waals surface area contributed by atoms with Crippen LogP contribution in [0.1, 0.15) is 13.8 Å². The van der Waals surface area contributed by atoms with Gasteiger partial charge in [0.15, 0.2) is 0 Å². The molecule has 0 fully saturated rings. The van der Waals surface area contributed by atoms with Gasteiger partial charge < -0.3 is 15.4 Å². The van der Waals surface area contributed by atoms with Crippen molar-refractivity contribution in [3.63, 3.8) is 0 Å². The number of rotatable bonds is 4. The second-order valence-corrected chi connectivity index (χ2v) is 3.93. The summed E-state index contributed by atoms with van der Waals surface area (Å²) in [6.07, 6.45) is 3.55. The predicted octanol–water partition coefficient (Wildman–Crippen LogP) is 2.99. The van der Waals surface area contributed by atoms with Gasteiger partial charge in [-0.05, 0) is 18.1 Å². The molecule has 2 N–H and O–H groups in total. The zero-order valence-electron chi connectivity index (χ0n) is 10.4. The highest BCUT2D eigenvalue weighted by Crippen LogP contribution is 2.16. The Morgan fingerprint density at radius 1 is 1.41 bits per heavy atom. The third-order valence-electron chi connectivity index (χ3n) is 2.02. The third kappa shape index (κ3) is 5.06. The lowest BCUT2D eigenvalue weighted by Crippen LogP contribution is -2.23. The maximum absolute atomic E-state index is 11.5. The average molecular weight is 234 g/mol. The zero-order valence-corrected chi connectivity index (χ0v) is 10.4. The Hall–Kier alpha value is -1.97. The molecule has 0 saturated heterocycles. The van der Waals surface area contributed by atoms with Crippen LogP contribution >= 0.6 is 0 Å². The fourth-order valence-electron chi connectivity index (χ4n) is 1.18. The van der Waals surface area contributed by atoms with Gasteiger partial charge in [0.25, 0.3) is 0 Å². The van der Waals surface area contributed by atoms with Gasteiger partial charge in [0.05, 0.1) is 7.11 Å². The highest BCUT2D eigenvalue weighted by atomic mass is 16.5. The number of carbonyl (C=O) groups is 1. The van der Waals surface area contributed by atoms with E-state index < -0.39 is 0 Å². The topological polar surface area (TPSA) is 50.4 Å². The summed E-state index contributed by atoms with van der Waals surface area (Å²) in [5.41, 5.74) is 0.694. The van der Waals surface area contributed by atoms with Gasteiger partial charge in [-0.3, -0.25) is 0 Å². The van der Waals surface area contributed by atoms with Crippen LogP contribution in [0.2, 0.25) is 0 Å². The van der Waals surface area contributed by atoms with E-state index in [1.807, 2.05) is 32.1 Å². The second kappa shape index (κ2) is 6.58. The van der Waals surface area contributed by atoms with E-state index in [0.29, 0.717) is 17.4 Å². The number of benzene rings is 1. The molecule has 0 atom stereocenters. The van der Waals surface area contributed by atoms with Crippen LogP contribution in [0.4, 0.5) is 10.5 Å². The van der Waals surface area contributed by atoms with Crippen molar-refractivity contribution in [2.24, 2.45) is 5.92 Å². The summed E-state index contributed by atoms with van der Waals surface area (Å²) in [4.78, 5) is 11.5. The van der Waals surface area contributed by atoms with Gasteiger partial charge in [0.2, 0.25) is 0 Å². The maximum atomic E-state index is 11.5. The van der Waals surface area contributed by atoms with Crippen LogP contribution in [0.3, 0.4) is 0 Å². The van der Waals surface area contributed by atoms with Crippen molar-refractivity contribution < 1.29 is 9.53 Å². The Bertz CT molecular complexity index is 400. The summed E-state index contributed by atoms with van der Waals surface area (Å²) in [7, 11) is 1.59. The van der Waals surface area contributed by atoms with E-state index in [0.717, 1.165) is 0 Å². The zero-order chi connectivity index (χ0) is 12.7. The summed E-state index contributed by atoms with van der Waals surface area (Å²) in [5, 5.41) is 5.34. The van der Waals surface area contributed by atoms with Crippen molar-refractivity contribution >= 4 is 11.7 Å². The molecule has 92 valence electrons. The number of amides is 2. The van der Waals surface area contributed by atoms with Crippen LogP contribution in [-0.2, 0) is 0 Å². The van der Waals surface area contributed by atoms with Gasteiger partial charge in [-0.15, -0.1) is 0 Å². The molecule has 0 saturated carbocycles. The number of hydrogen-bond donors (Lipinski definition) is 2. The molecule has 4 nitrogen and oxygen atoms in total. The molecule has 0 aliphatic carbocycles. The first kappa shape index (κ1) is 13.1. The number of allylic oxidation sites excluding steroid dienone is 1. The quantitative estimate of drug-likeness (QED) is 0.841. The van der Waals surface area contributed by atoms with Crippen molar-refractivity contribution in [1.29, 1.82) is 0 Å². The van der Waals surface area contributed by atoms with Gasteiger partial charge in [0, 0.05) is 18.0 Å². The van der Waals surface area contributed by atoms with Crippen LogP contribution < -0.4 is 15.4 Å². The fourth-order valence-corrected chi connectivity index (χ4v) is 1.18. The predicted molar refractivity (Wildman–Crippen MR) is 69.1 cm³/mol. The van der Waals surface area contributed by atoms with E-state index in [9.17, 15) is 4.79 Å². The van der Waals surface area contributed by atoms with Gasteiger partial charge in [-0.2, -0.15) is 0 Å². The molecule has 0 bridgehead atoms. The van der Waals surface area contributed by atoms with Gasteiger partial charge in [0.1, 0.15) is 5.75 Å². The first-order chi connectivity index (χ1) is 8.11. The Morgan fingerprint density at radius 2 is 2.18 bits per heavy atom. The summed E-state index contributed by atoms with van der Waals surface area (Å²) >= 11 is 0. The van der Waals surface area contributed by atoms with E-state index in [-0.39, 0.29) is 6.03 Å². The SMILES string of the molecule is COc1cccc(NC(=O)N/C=C/C(C)C)c1. The first-order valence-electron chi connectivity index (χ1n) is 5.50. The minimum absolute atomic E-state index is 0.268. The highest BCUT2D eigenvalue weighted by Gasteiger charge is 2.00. The van der Waals surface area contributed by atoms with E-state index in [4.69, 9.17) is 4.74 Å². The largest absolute Gasteiger partial charge is 0.497 e. The van der Waals surface area contributed by atoms with E-state index >= 15 is 0 Å². The first-order valence-corrected chi connectivity index (χ1v) is 5.50. The third-order valence-corrected chi connectivity index (χ3v) is 2.02. The Balaban J connectivity index is 2.50. The molecule has 1 rings (SSSR count). The Morgan fingerprint density at radius 3 is 2.82 bits per heavy atom. The van der Waals surface area contributed by atoms with Crippen LogP contribution in [0.15, 0.2) is 36.5 Å². The van der Waals surface area contributed by atoms with Crippen LogP contribution in [0.25, 0.3) is 0 Å². The summed E-state index contributed by atoms with van der Waals surface area (Å²) < 4.78 is 5.06. The van der Waals surface area contributed by atoms with Crippen LogP contribution in [0.5, 0.6) is 5.75 Å².